The highest BCUT2D eigenvalue weighted by molar-refractivity contribution is 5.99. The molecule has 116 valence electrons. The molecule has 0 heterocycles. The molecule has 7 heteroatoms. The van der Waals surface area contributed by atoms with Crippen molar-refractivity contribution in [2.75, 3.05) is 20.8 Å². The zero-order valence-corrected chi connectivity index (χ0v) is 12.2. The average molecular weight is 297 g/mol. The molecule has 0 aliphatic heterocycles. The van der Waals surface area contributed by atoms with E-state index in [2.05, 4.69) is 5.32 Å². The molecular weight excluding hydrogens is 278 g/mol. The second-order valence-electron chi connectivity index (χ2n) is 4.79. The van der Waals surface area contributed by atoms with Crippen molar-refractivity contribution >= 4 is 11.9 Å². The third-order valence-electron chi connectivity index (χ3n) is 2.82. The Balaban J connectivity index is 2.87. The summed E-state index contributed by atoms with van der Waals surface area (Å²) in [6.07, 6.45) is -0.476. The number of ether oxygens (including phenoxy) is 2. The van der Waals surface area contributed by atoms with Crippen LogP contribution in [0.1, 0.15) is 23.7 Å². The van der Waals surface area contributed by atoms with Gasteiger partial charge in [-0.3, -0.25) is 9.59 Å². The Labute approximate surface area is 122 Å². The zero-order chi connectivity index (χ0) is 16.0. The minimum absolute atomic E-state index is 0.189. The smallest absolute Gasteiger partial charge is 0.306 e. The molecule has 3 N–H and O–H groups in total. The van der Waals surface area contributed by atoms with Gasteiger partial charge >= 0.3 is 5.97 Å². The van der Waals surface area contributed by atoms with E-state index in [0.717, 1.165) is 0 Å². The maximum absolute atomic E-state index is 12.2. The topological polar surface area (TPSA) is 105 Å². The highest BCUT2D eigenvalue weighted by Crippen LogP contribution is 2.28. The summed E-state index contributed by atoms with van der Waals surface area (Å²) >= 11 is 0. The summed E-state index contributed by atoms with van der Waals surface area (Å²) < 4.78 is 10.2. The van der Waals surface area contributed by atoms with Crippen molar-refractivity contribution in [3.05, 3.63) is 23.8 Å². The highest BCUT2D eigenvalue weighted by Gasteiger charge is 2.26. The van der Waals surface area contributed by atoms with Gasteiger partial charge in [-0.1, -0.05) is 6.07 Å². The first-order valence-corrected chi connectivity index (χ1v) is 6.24. The Bertz CT molecular complexity index is 504. The number of benzene rings is 1. The lowest BCUT2D eigenvalue weighted by molar-refractivity contribution is -0.141. The summed E-state index contributed by atoms with van der Waals surface area (Å²) in [7, 11) is 2.85. The van der Waals surface area contributed by atoms with E-state index in [1.54, 1.807) is 18.2 Å². The fourth-order valence-electron chi connectivity index (χ4n) is 1.82. The number of hydrogen-bond donors (Lipinski definition) is 3. The quantitative estimate of drug-likeness (QED) is 0.683. The van der Waals surface area contributed by atoms with Crippen molar-refractivity contribution in [3.8, 4) is 11.5 Å². The van der Waals surface area contributed by atoms with Gasteiger partial charge in [-0.2, -0.15) is 0 Å². The van der Waals surface area contributed by atoms with Crippen molar-refractivity contribution in [1.29, 1.82) is 0 Å². The Kier molecular flexibility index (Phi) is 5.54. The van der Waals surface area contributed by atoms with Crippen LogP contribution in [0, 0.1) is 0 Å². The van der Waals surface area contributed by atoms with Crippen LogP contribution in [0.15, 0.2) is 18.2 Å². The number of aliphatic hydroxyl groups is 1. The number of carbonyl (C=O) groups is 2. The monoisotopic (exact) mass is 297 g/mol. The number of carboxylic acids is 1. The van der Waals surface area contributed by atoms with Crippen LogP contribution in [-0.4, -0.2) is 48.5 Å². The molecule has 0 radical (unpaired) electrons. The van der Waals surface area contributed by atoms with Gasteiger partial charge in [0, 0.05) is 6.54 Å². The van der Waals surface area contributed by atoms with E-state index in [1.165, 1.54) is 21.1 Å². The average Bonchev–Trinajstić information content (AvgIpc) is 2.42. The normalized spacial score (nSPS) is 13.1. The van der Waals surface area contributed by atoms with Crippen molar-refractivity contribution in [2.24, 2.45) is 0 Å². The Morgan fingerprint density at radius 1 is 1.24 bits per heavy atom. The number of carbonyl (C=O) groups excluding carboxylic acids is 1. The molecular formula is C14H19NO6. The van der Waals surface area contributed by atoms with Crippen molar-refractivity contribution < 1.29 is 29.3 Å². The summed E-state index contributed by atoms with van der Waals surface area (Å²) in [5, 5.41) is 21.0. The van der Waals surface area contributed by atoms with E-state index in [1.807, 2.05) is 0 Å². The minimum Gasteiger partial charge on any atom is -0.496 e. The van der Waals surface area contributed by atoms with Crippen LogP contribution in [0.25, 0.3) is 0 Å². The Morgan fingerprint density at radius 2 is 1.76 bits per heavy atom. The van der Waals surface area contributed by atoms with Crippen LogP contribution >= 0.6 is 0 Å². The third kappa shape index (κ3) is 4.64. The van der Waals surface area contributed by atoms with Gasteiger partial charge in [0.25, 0.3) is 5.91 Å². The van der Waals surface area contributed by atoms with Crippen LogP contribution in [-0.2, 0) is 4.79 Å². The molecule has 1 aromatic carbocycles. The lowest BCUT2D eigenvalue weighted by atomic mass is 10.0. The third-order valence-corrected chi connectivity index (χ3v) is 2.82. The number of nitrogens with one attached hydrogen (secondary N) is 1. The largest absolute Gasteiger partial charge is 0.496 e. The predicted octanol–water partition coefficient (Wildman–Crippen LogP) is 0.659. The summed E-state index contributed by atoms with van der Waals surface area (Å²) in [5.74, 6) is -1.02. The molecule has 0 saturated heterocycles. The molecule has 0 fully saturated rings. The molecule has 1 amide bonds. The molecule has 0 saturated carbocycles. The number of methoxy groups -OCH3 is 2. The molecule has 0 spiro atoms. The van der Waals surface area contributed by atoms with Gasteiger partial charge in [0.15, 0.2) is 0 Å². The molecule has 1 aromatic rings. The molecule has 1 unspecified atom stereocenters. The van der Waals surface area contributed by atoms with Crippen molar-refractivity contribution in [3.63, 3.8) is 0 Å². The number of amides is 1. The first-order chi connectivity index (χ1) is 9.80. The molecule has 1 rings (SSSR count). The maximum Gasteiger partial charge on any atom is 0.306 e. The van der Waals surface area contributed by atoms with Crippen LogP contribution < -0.4 is 14.8 Å². The van der Waals surface area contributed by atoms with Gasteiger partial charge in [0.1, 0.15) is 17.1 Å². The first-order valence-electron chi connectivity index (χ1n) is 6.24. The molecule has 0 aliphatic rings. The Morgan fingerprint density at radius 3 is 2.19 bits per heavy atom. The number of hydrogen-bond acceptors (Lipinski definition) is 5. The van der Waals surface area contributed by atoms with Gasteiger partial charge in [-0.15, -0.1) is 0 Å². The van der Waals surface area contributed by atoms with Crippen LogP contribution in [0.4, 0.5) is 0 Å². The fraction of sp³-hybridized carbons (Fsp3) is 0.429. The van der Waals surface area contributed by atoms with E-state index in [-0.39, 0.29) is 12.1 Å². The highest BCUT2D eigenvalue weighted by atomic mass is 16.5. The first kappa shape index (κ1) is 16.8. The van der Waals surface area contributed by atoms with Crippen molar-refractivity contribution in [1.82, 2.24) is 5.32 Å². The lowest BCUT2D eigenvalue weighted by Gasteiger charge is -2.22. The maximum atomic E-state index is 12.2. The van der Waals surface area contributed by atoms with E-state index in [0.29, 0.717) is 11.5 Å². The fourth-order valence-corrected chi connectivity index (χ4v) is 1.82. The Hall–Kier alpha value is -2.28. The summed E-state index contributed by atoms with van der Waals surface area (Å²) in [6.45, 7) is 1.13. The number of rotatable bonds is 7. The molecule has 21 heavy (non-hydrogen) atoms. The van der Waals surface area contributed by atoms with Gasteiger partial charge in [-0.25, -0.2) is 0 Å². The standard InChI is InChI=1S/C14H19NO6/c1-14(19,7-11(16)17)8-15-13(18)12-9(20-2)5-4-6-10(12)21-3/h4-6,19H,7-8H2,1-3H3,(H,15,18)(H,16,17). The second-order valence-corrected chi connectivity index (χ2v) is 4.79. The van der Waals surface area contributed by atoms with E-state index in [9.17, 15) is 14.7 Å². The van der Waals surface area contributed by atoms with Crippen LogP contribution in [0.3, 0.4) is 0 Å². The number of carboxylic acid groups (broad SMARTS) is 1. The zero-order valence-electron chi connectivity index (χ0n) is 12.2. The second kappa shape index (κ2) is 6.94. The molecule has 0 bridgehead atoms. The molecule has 7 nitrogen and oxygen atoms in total. The van der Waals surface area contributed by atoms with Gasteiger partial charge in [-0.05, 0) is 19.1 Å². The predicted molar refractivity (Wildman–Crippen MR) is 74.8 cm³/mol. The van der Waals surface area contributed by atoms with Crippen LogP contribution in [0.5, 0.6) is 11.5 Å². The summed E-state index contributed by atoms with van der Waals surface area (Å²) in [5.41, 5.74) is -1.36. The number of aliphatic carboxylic acids is 1. The molecule has 1 atom stereocenters. The van der Waals surface area contributed by atoms with Gasteiger partial charge in [0.2, 0.25) is 0 Å². The van der Waals surface area contributed by atoms with E-state index >= 15 is 0 Å². The molecule has 0 aromatic heterocycles. The van der Waals surface area contributed by atoms with Crippen LogP contribution in [0.2, 0.25) is 0 Å². The van der Waals surface area contributed by atoms with Crippen molar-refractivity contribution in [2.45, 2.75) is 18.9 Å². The molecule has 0 aliphatic carbocycles. The van der Waals surface area contributed by atoms with E-state index in [4.69, 9.17) is 14.6 Å². The van der Waals surface area contributed by atoms with E-state index < -0.39 is 23.9 Å². The SMILES string of the molecule is COc1cccc(OC)c1C(=O)NCC(C)(O)CC(=O)O. The van der Waals surface area contributed by atoms with Gasteiger partial charge < -0.3 is 25.0 Å². The lowest BCUT2D eigenvalue weighted by Crippen LogP contribution is -2.42. The van der Waals surface area contributed by atoms with Gasteiger partial charge in [0.05, 0.1) is 26.2 Å². The minimum atomic E-state index is -1.54. The summed E-state index contributed by atoms with van der Waals surface area (Å²) in [6, 6.07) is 4.88. The summed E-state index contributed by atoms with van der Waals surface area (Å²) in [4.78, 5) is 22.8.